The Bertz CT molecular complexity index is 919. The second kappa shape index (κ2) is 10.8. The zero-order chi connectivity index (χ0) is 22.3. The molecule has 6 nitrogen and oxygen atoms in total. The van der Waals surface area contributed by atoms with E-state index in [1.165, 1.54) is 27.6 Å². The summed E-state index contributed by atoms with van der Waals surface area (Å²) in [7, 11) is 0.520. The number of aryl methyl sites for hydroxylation is 1. The SMILES string of the molecule is CCN(CC)S(=O)(=O)c1ccc(C(=O)CNCC(c2ccc(C)cc2)N(C)C)cc1. The molecule has 2 aromatic rings. The van der Waals surface area contributed by atoms with Crippen LogP contribution in [0.3, 0.4) is 0 Å². The lowest BCUT2D eigenvalue weighted by molar-refractivity contribution is 0.0988. The summed E-state index contributed by atoms with van der Waals surface area (Å²) < 4.78 is 26.5. The molecule has 0 saturated carbocycles. The molecule has 0 fully saturated rings. The molecule has 0 bridgehead atoms. The van der Waals surface area contributed by atoms with Crippen molar-refractivity contribution in [3.8, 4) is 0 Å². The van der Waals surface area contributed by atoms with Gasteiger partial charge in [-0.15, -0.1) is 0 Å². The summed E-state index contributed by atoms with van der Waals surface area (Å²) in [5.41, 5.74) is 2.90. The molecule has 1 N–H and O–H groups in total. The Balaban J connectivity index is 2.00. The number of hydrogen-bond donors (Lipinski definition) is 1. The Labute approximate surface area is 180 Å². The van der Waals surface area contributed by atoms with Crippen LogP contribution in [-0.4, -0.2) is 63.7 Å². The third-order valence-electron chi connectivity index (χ3n) is 5.23. The van der Waals surface area contributed by atoms with Crippen LogP contribution in [0.2, 0.25) is 0 Å². The Hall–Kier alpha value is -2.06. The number of Topliss-reactive ketones (excluding diaryl/α,β-unsaturated/α-hetero) is 1. The average Bonchev–Trinajstić information content (AvgIpc) is 2.72. The van der Waals surface area contributed by atoms with Crippen molar-refractivity contribution >= 4 is 15.8 Å². The fraction of sp³-hybridized carbons (Fsp3) is 0.435. The van der Waals surface area contributed by atoms with Crippen molar-refractivity contribution in [2.75, 3.05) is 40.3 Å². The van der Waals surface area contributed by atoms with Crippen LogP contribution in [0.1, 0.15) is 41.4 Å². The highest BCUT2D eigenvalue weighted by atomic mass is 32.2. The Morgan fingerprint density at radius 2 is 1.53 bits per heavy atom. The predicted molar refractivity (Wildman–Crippen MR) is 121 cm³/mol. The highest BCUT2D eigenvalue weighted by molar-refractivity contribution is 7.89. The van der Waals surface area contributed by atoms with E-state index in [4.69, 9.17) is 0 Å². The summed E-state index contributed by atoms with van der Waals surface area (Å²) in [4.78, 5) is 14.9. The van der Waals surface area contributed by atoms with Gasteiger partial charge in [-0.3, -0.25) is 4.79 Å². The molecule has 0 aromatic heterocycles. The van der Waals surface area contributed by atoms with Crippen molar-refractivity contribution in [3.63, 3.8) is 0 Å². The molecule has 0 saturated heterocycles. The molecule has 2 aromatic carbocycles. The van der Waals surface area contributed by atoms with E-state index >= 15 is 0 Å². The minimum Gasteiger partial charge on any atom is -0.308 e. The van der Waals surface area contributed by atoms with Crippen LogP contribution in [0.15, 0.2) is 53.4 Å². The van der Waals surface area contributed by atoms with E-state index in [9.17, 15) is 13.2 Å². The first-order chi connectivity index (χ1) is 14.2. The van der Waals surface area contributed by atoms with Gasteiger partial charge in [-0.1, -0.05) is 55.8 Å². The van der Waals surface area contributed by atoms with Crippen LogP contribution in [0.5, 0.6) is 0 Å². The van der Waals surface area contributed by atoms with Gasteiger partial charge in [0.25, 0.3) is 0 Å². The molecule has 1 atom stereocenters. The molecular formula is C23H33N3O3S. The lowest BCUT2D eigenvalue weighted by atomic mass is 10.0. The van der Waals surface area contributed by atoms with E-state index in [1.54, 1.807) is 12.1 Å². The number of benzene rings is 2. The van der Waals surface area contributed by atoms with Crippen LogP contribution >= 0.6 is 0 Å². The monoisotopic (exact) mass is 431 g/mol. The van der Waals surface area contributed by atoms with E-state index in [2.05, 4.69) is 41.4 Å². The quantitative estimate of drug-likeness (QED) is 0.554. The summed E-state index contributed by atoms with van der Waals surface area (Å²) in [5, 5.41) is 3.24. The van der Waals surface area contributed by atoms with Gasteiger partial charge < -0.3 is 10.2 Å². The first-order valence-electron chi connectivity index (χ1n) is 10.3. The van der Waals surface area contributed by atoms with Gasteiger partial charge in [-0.25, -0.2) is 8.42 Å². The molecule has 7 heteroatoms. The summed E-state index contributed by atoms with van der Waals surface area (Å²) in [6.07, 6.45) is 0. The van der Waals surface area contributed by atoms with Gasteiger partial charge in [-0.2, -0.15) is 4.31 Å². The van der Waals surface area contributed by atoms with E-state index in [1.807, 2.05) is 27.9 Å². The summed E-state index contributed by atoms with van der Waals surface area (Å²) in [6.45, 7) is 7.33. The lowest BCUT2D eigenvalue weighted by Crippen LogP contribution is -2.34. The number of rotatable bonds is 11. The zero-order valence-electron chi connectivity index (χ0n) is 18.6. The third-order valence-corrected chi connectivity index (χ3v) is 7.29. The van der Waals surface area contributed by atoms with Crippen molar-refractivity contribution in [2.45, 2.75) is 31.7 Å². The second-order valence-electron chi connectivity index (χ2n) is 7.56. The molecule has 0 aliphatic heterocycles. The molecule has 0 heterocycles. The molecule has 0 radical (unpaired) electrons. The molecule has 2 rings (SSSR count). The van der Waals surface area contributed by atoms with Gasteiger partial charge in [0.05, 0.1) is 11.4 Å². The number of nitrogens with one attached hydrogen (secondary N) is 1. The highest BCUT2D eigenvalue weighted by Gasteiger charge is 2.21. The van der Waals surface area contributed by atoms with E-state index in [0.717, 1.165) is 0 Å². The third kappa shape index (κ3) is 5.98. The van der Waals surface area contributed by atoms with E-state index in [-0.39, 0.29) is 23.3 Å². The predicted octanol–water partition coefficient (Wildman–Crippen LogP) is 3.10. The molecule has 0 spiro atoms. The van der Waals surface area contributed by atoms with Crippen molar-refractivity contribution in [1.82, 2.24) is 14.5 Å². The minimum absolute atomic E-state index is 0.0665. The van der Waals surface area contributed by atoms with Gasteiger partial charge >= 0.3 is 0 Å². The first kappa shape index (κ1) is 24.2. The van der Waals surface area contributed by atoms with Crippen LogP contribution < -0.4 is 5.32 Å². The standard InChI is InChI=1S/C23H33N3O3S/c1-6-26(7-2)30(28,29)21-14-12-20(13-15-21)23(27)17-24-16-22(25(4)5)19-10-8-18(3)9-11-19/h8-15,22,24H,6-7,16-17H2,1-5H3. The fourth-order valence-corrected chi connectivity index (χ4v) is 4.80. The largest absolute Gasteiger partial charge is 0.308 e. The topological polar surface area (TPSA) is 69.7 Å². The second-order valence-corrected chi connectivity index (χ2v) is 9.50. The lowest BCUT2D eigenvalue weighted by Gasteiger charge is -2.25. The van der Waals surface area contributed by atoms with Crippen molar-refractivity contribution in [3.05, 3.63) is 65.2 Å². The number of hydrogen-bond acceptors (Lipinski definition) is 5. The Morgan fingerprint density at radius 3 is 2.03 bits per heavy atom. The van der Waals surface area contributed by atoms with Crippen LogP contribution in [0.25, 0.3) is 0 Å². The van der Waals surface area contributed by atoms with Crippen LogP contribution in [-0.2, 0) is 10.0 Å². The summed E-state index contributed by atoms with van der Waals surface area (Å²) >= 11 is 0. The van der Waals surface area contributed by atoms with Crippen molar-refractivity contribution in [2.24, 2.45) is 0 Å². The van der Waals surface area contributed by atoms with E-state index < -0.39 is 10.0 Å². The number of nitrogens with zero attached hydrogens (tertiary/aromatic N) is 2. The maximum Gasteiger partial charge on any atom is 0.243 e. The highest BCUT2D eigenvalue weighted by Crippen LogP contribution is 2.18. The summed E-state index contributed by atoms with van der Waals surface area (Å²) in [5.74, 6) is -0.0665. The van der Waals surface area contributed by atoms with Crippen LogP contribution in [0.4, 0.5) is 0 Å². The van der Waals surface area contributed by atoms with Crippen molar-refractivity contribution in [1.29, 1.82) is 0 Å². The smallest absolute Gasteiger partial charge is 0.243 e. The normalized spacial score (nSPS) is 13.0. The number of carbonyl (C=O) groups is 1. The fourth-order valence-electron chi connectivity index (χ4n) is 3.34. The Morgan fingerprint density at radius 1 is 0.967 bits per heavy atom. The molecular weight excluding hydrogens is 398 g/mol. The molecule has 0 aliphatic carbocycles. The molecule has 1 unspecified atom stereocenters. The number of likely N-dealkylation sites (N-methyl/N-ethyl adjacent to an activating group) is 1. The molecule has 30 heavy (non-hydrogen) atoms. The first-order valence-corrected chi connectivity index (χ1v) is 11.7. The zero-order valence-corrected chi connectivity index (χ0v) is 19.4. The van der Waals surface area contributed by atoms with Crippen LogP contribution in [0, 0.1) is 6.92 Å². The number of carbonyl (C=O) groups excluding carboxylic acids is 1. The van der Waals surface area contributed by atoms with Gasteiger partial charge in [0.15, 0.2) is 5.78 Å². The molecule has 164 valence electrons. The molecule has 0 aliphatic rings. The Kier molecular flexibility index (Phi) is 8.73. The average molecular weight is 432 g/mol. The number of ketones is 1. The van der Waals surface area contributed by atoms with Crippen molar-refractivity contribution < 1.29 is 13.2 Å². The van der Waals surface area contributed by atoms with E-state index in [0.29, 0.717) is 25.2 Å². The van der Waals surface area contributed by atoms with Gasteiger partial charge in [0, 0.05) is 31.2 Å². The summed E-state index contributed by atoms with van der Waals surface area (Å²) in [6, 6.07) is 14.7. The maximum absolute atomic E-state index is 12.6. The van der Waals surface area contributed by atoms with Gasteiger partial charge in [0.1, 0.15) is 0 Å². The van der Waals surface area contributed by atoms with Gasteiger partial charge in [-0.05, 0) is 38.7 Å². The molecule has 0 amide bonds. The van der Waals surface area contributed by atoms with Gasteiger partial charge in [0.2, 0.25) is 10.0 Å². The number of sulfonamides is 1. The maximum atomic E-state index is 12.6. The minimum atomic E-state index is -3.51.